The summed E-state index contributed by atoms with van der Waals surface area (Å²) in [5, 5.41) is 17.5. The summed E-state index contributed by atoms with van der Waals surface area (Å²) in [4.78, 5) is 47.4. The molecule has 1 unspecified atom stereocenters. The van der Waals surface area contributed by atoms with E-state index in [2.05, 4.69) is 10.4 Å². The topological polar surface area (TPSA) is 133 Å². The quantitative estimate of drug-likeness (QED) is 0.322. The van der Waals surface area contributed by atoms with Crippen LogP contribution >= 0.6 is 11.3 Å². The summed E-state index contributed by atoms with van der Waals surface area (Å²) in [6.07, 6.45) is 0. The Hall–Kier alpha value is -3.08. The normalized spacial score (nSPS) is 11.8. The molecule has 1 atom stereocenters. The van der Waals surface area contributed by atoms with E-state index in [1.165, 1.54) is 24.6 Å². The number of esters is 1. The number of hydrogen-bond donors (Lipinski definition) is 1. The fraction of sp³-hybridized carbons (Fsp3) is 0.412. The van der Waals surface area contributed by atoms with E-state index >= 15 is 0 Å². The van der Waals surface area contributed by atoms with E-state index in [1.54, 1.807) is 20.8 Å². The first-order valence-corrected chi connectivity index (χ1v) is 9.22. The standard InChI is InChI=1S/C17H20N4O6S/c1-6-27-17(24)13-9(3)14(11(5)22)28-16(13)18-15(23)10(4)20-8(2)7-12(19-20)21(25)26/h7,10H,6H2,1-5H3,(H,18,23). The monoisotopic (exact) mass is 408 g/mol. The molecule has 11 heteroatoms. The van der Waals surface area contributed by atoms with Crippen molar-refractivity contribution in [3.8, 4) is 0 Å². The average Bonchev–Trinajstić information content (AvgIpc) is 3.15. The van der Waals surface area contributed by atoms with Crippen LogP contribution in [0.3, 0.4) is 0 Å². The molecular formula is C17H20N4O6S. The first-order chi connectivity index (χ1) is 13.1. The Labute approximate surface area is 164 Å². The first-order valence-electron chi connectivity index (χ1n) is 8.41. The predicted octanol–water partition coefficient (Wildman–Crippen LogP) is 3.05. The number of thiophene rings is 1. The second-order valence-corrected chi connectivity index (χ2v) is 7.07. The van der Waals surface area contributed by atoms with Crippen molar-refractivity contribution in [2.45, 2.75) is 40.7 Å². The van der Waals surface area contributed by atoms with E-state index in [1.807, 2.05) is 0 Å². The highest BCUT2D eigenvalue weighted by molar-refractivity contribution is 7.18. The van der Waals surface area contributed by atoms with Gasteiger partial charge in [0, 0.05) is 0 Å². The van der Waals surface area contributed by atoms with Crippen LogP contribution in [0.2, 0.25) is 0 Å². The number of carbonyl (C=O) groups excluding carboxylic acids is 3. The number of ether oxygens (including phenoxy) is 1. The molecule has 0 radical (unpaired) electrons. The molecule has 0 aliphatic carbocycles. The van der Waals surface area contributed by atoms with Gasteiger partial charge in [0.25, 0.3) is 5.91 Å². The van der Waals surface area contributed by atoms with Gasteiger partial charge in [-0.2, -0.15) is 4.68 Å². The maximum Gasteiger partial charge on any atom is 0.390 e. The molecule has 0 aliphatic heterocycles. The van der Waals surface area contributed by atoms with Crippen LogP contribution in [0.4, 0.5) is 10.8 Å². The van der Waals surface area contributed by atoms with Crippen LogP contribution in [0.25, 0.3) is 0 Å². The number of aryl methyl sites for hydroxylation is 1. The highest BCUT2D eigenvalue weighted by atomic mass is 32.1. The molecule has 1 amide bonds. The lowest BCUT2D eigenvalue weighted by atomic mass is 10.1. The molecule has 10 nitrogen and oxygen atoms in total. The third-order valence-corrected chi connectivity index (χ3v) is 5.33. The molecule has 150 valence electrons. The Kier molecular flexibility index (Phi) is 6.29. The number of nitrogens with zero attached hydrogens (tertiary/aromatic N) is 3. The number of aromatic nitrogens is 2. The van der Waals surface area contributed by atoms with Gasteiger partial charge in [-0.25, -0.2) is 4.79 Å². The summed E-state index contributed by atoms with van der Waals surface area (Å²) in [7, 11) is 0. The highest BCUT2D eigenvalue weighted by Gasteiger charge is 2.29. The molecule has 0 spiro atoms. The van der Waals surface area contributed by atoms with Gasteiger partial charge in [-0.1, -0.05) is 0 Å². The lowest BCUT2D eigenvalue weighted by Gasteiger charge is -2.12. The Morgan fingerprint density at radius 2 is 2.04 bits per heavy atom. The van der Waals surface area contributed by atoms with Crippen LogP contribution in [0.15, 0.2) is 6.07 Å². The smallest absolute Gasteiger partial charge is 0.390 e. The minimum atomic E-state index is -0.882. The molecule has 0 aromatic carbocycles. The van der Waals surface area contributed by atoms with Crippen molar-refractivity contribution in [2.75, 3.05) is 11.9 Å². The Bertz CT molecular complexity index is 961. The van der Waals surface area contributed by atoms with E-state index in [4.69, 9.17) is 4.74 Å². The fourth-order valence-corrected chi connectivity index (χ4v) is 3.76. The fourth-order valence-electron chi connectivity index (χ4n) is 2.67. The van der Waals surface area contributed by atoms with Crippen LogP contribution in [0.1, 0.15) is 58.1 Å². The Morgan fingerprint density at radius 1 is 1.39 bits per heavy atom. The second-order valence-electron chi connectivity index (χ2n) is 6.05. The van der Waals surface area contributed by atoms with Gasteiger partial charge in [-0.3, -0.25) is 9.59 Å². The van der Waals surface area contributed by atoms with Crippen molar-refractivity contribution in [1.82, 2.24) is 9.78 Å². The summed E-state index contributed by atoms with van der Waals surface area (Å²) in [6.45, 7) is 7.89. The van der Waals surface area contributed by atoms with E-state index in [-0.39, 0.29) is 28.8 Å². The van der Waals surface area contributed by atoms with Gasteiger partial charge < -0.3 is 20.2 Å². The predicted molar refractivity (Wildman–Crippen MR) is 102 cm³/mol. The van der Waals surface area contributed by atoms with Crippen molar-refractivity contribution >= 4 is 39.8 Å². The summed E-state index contributed by atoms with van der Waals surface area (Å²) in [5.41, 5.74) is 0.998. The van der Waals surface area contributed by atoms with E-state index < -0.39 is 22.8 Å². The third-order valence-electron chi connectivity index (χ3n) is 4.03. The van der Waals surface area contributed by atoms with Crippen LogP contribution < -0.4 is 5.32 Å². The van der Waals surface area contributed by atoms with E-state index in [9.17, 15) is 24.5 Å². The van der Waals surface area contributed by atoms with Gasteiger partial charge >= 0.3 is 11.8 Å². The molecule has 1 N–H and O–H groups in total. The zero-order chi connectivity index (χ0) is 21.2. The summed E-state index contributed by atoms with van der Waals surface area (Å²) in [5.74, 6) is -1.78. The number of nitrogens with one attached hydrogen (secondary N) is 1. The Morgan fingerprint density at radius 3 is 2.54 bits per heavy atom. The number of carbonyl (C=O) groups is 3. The number of nitro groups is 1. The molecule has 2 aromatic rings. The van der Waals surface area contributed by atoms with Crippen LogP contribution in [-0.4, -0.2) is 39.0 Å². The zero-order valence-electron chi connectivity index (χ0n) is 16.1. The molecular weight excluding hydrogens is 388 g/mol. The van der Waals surface area contributed by atoms with Gasteiger partial charge in [0.05, 0.1) is 33.9 Å². The lowest BCUT2D eigenvalue weighted by Crippen LogP contribution is -2.25. The van der Waals surface area contributed by atoms with Gasteiger partial charge in [0.2, 0.25) is 0 Å². The van der Waals surface area contributed by atoms with Gasteiger partial charge in [0.15, 0.2) is 5.78 Å². The van der Waals surface area contributed by atoms with Gasteiger partial charge in [0.1, 0.15) is 11.0 Å². The van der Waals surface area contributed by atoms with Gasteiger partial charge in [-0.15, -0.1) is 11.3 Å². The number of rotatable bonds is 7. The first kappa shape index (κ1) is 21.2. The maximum absolute atomic E-state index is 12.7. The van der Waals surface area contributed by atoms with E-state index in [0.29, 0.717) is 16.1 Å². The van der Waals surface area contributed by atoms with Crippen LogP contribution in [-0.2, 0) is 9.53 Å². The summed E-state index contributed by atoms with van der Waals surface area (Å²) >= 11 is 0.983. The minimum absolute atomic E-state index is 0.126. The average molecular weight is 408 g/mol. The highest BCUT2D eigenvalue weighted by Crippen LogP contribution is 2.34. The molecule has 2 heterocycles. The maximum atomic E-state index is 12.7. The SMILES string of the molecule is CCOC(=O)c1c(NC(=O)C(C)n2nc([N+](=O)[O-])cc2C)sc(C(C)=O)c1C. The van der Waals surface area contributed by atoms with E-state index in [0.717, 1.165) is 11.3 Å². The van der Waals surface area contributed by atoms with Crippen molar-refractivity contribution < 1.29 is 24.0 Å². The Balaban J connectivity index is 2.37. The van der Waals surface area contributed by atoms with Crippen molar-refractivity contribution in [2.24, 2.45) is 0 Å². The molecule has 0 fully saturated rings. The molecule has 0 saturated carbocycles. The molecule has 0 saturated heterocycles. The number of amides is 1. The van der Waals surface area contributed by atoms with Crippen LogP contribution in [0.5, 0.6) is 0 Å². The number of Topliss-reactive ketones (excluding diaryl/α,β-unsaturated/α-hetero) is 1. The van der Waals surface area contributed by atoms with Crippen molar-refractivity contribution in [3.05, 3.63) is 37.9 Å². The second kappa shape index (κ2) is 8.30. The zero-order valence-corrected chi connectivity index (χ0v) is 16.9. The molecule has 0 aliphatic rings. The molecule has 2 aromatic heterocycles. The molecule has 0 bridgehead atoms. The largest absolute Gasteiger partial charge is 0.462 e. The van der Waals surface area contributed by atoms with Crippen LogP contribution in [0, 0.1) is 24.0 Å². The summed E-state index contributed by atoms with van der Waals surface area (Å²) < 4.78 is 6.26. The number of hydrogen-bond acceptors (Lipinski definition) is 8. The molecule has 2 rings (SSSR count). The number of ketones is 1. The number of anilines is 1. The van der Waals surface area contributed by atoms with Crippen molar-refractivity contribution in [1.29, 1.82) is 0 Å². The minimum Gasteiger partial charge on any atom is -0.462 e. The lowest BCUT2D eigenvalue weighted by molar-refractivity contribution is -0.389. The van der Waals surface area contributed by atoms with Crippen molar-refractivity contribution in [3.63, 3.8) is 0 Å². The van der Waals surface area contributed by atoms with Gasteiger partial charge in [-0.05, 0) is 45.1 Å². The third kappa shape index (κ3) is 4.09. The molecule has 28 heavy (non-hydrogen) atoms. The summed E-state index contributed by atoms with van der Waals surface area (Å²) in [6, 6.07) is 0.378.